The predicted octanol–water partition coefficient (Wildman–Crippen LogP) is 3.12. The molecule has 0 saturated heterocycles. The Kier molecular flexibility index (Phi) is 5.27. The lowest BCUT2D eigenvalue weighted by atomic mass is 10.3. The Bertz CT molecular complexity index is 713. The SMILES string of the molecule is Cc1cc(=O)[nH]c(SCC(=O)Nc2c(Cl)cccc2Cl)n1. The molecule has 110 valence electrons. The van der Waals surface area contributed by atoms with E-state index < -0.39 is 0 Å². The van der Waals surface area contributed by atoms with E-state index >= 15 is 0 Å². The van der Waals surface area contributed by atoms with Gasteiger partial charge in [0, 0.05) is 11.8 Å². The second kappa shape index (κ2) is 6.98. The minimum absolute atomic E-state index is 0.0773. The van der Waals surface area contributed by atoms with Gasteiger partial charge in [-0.3, -0.25) is 9.59 Å². The van der Waals surface area contributed by atoms with Crippen LogP contribution >= 0.6 is 35.0 Å². The molecule has 0 aliphatic heterocycles. The zero-order valence-electron chi connectivity index (χ0n) is 10.9. The molecule has 21 heavy (non-hydrogen) atoms. The fourth-order valence-electron chi connectivity index (χ4n) is 1.55. The first-order chi connectivity index (χ1) is 9.95. The highest BCUT2D eigenvalue weighted by atomic mass is 35.5. The third kappa shape index (κ3) is 4.49. The lowest BCUT2D eigenvalue weighted by molar-refractivity contribution is -0.113. The smallest absolute Gasteiger partial charge is 0.251 e. The minimum Gasteiger partial charge on any atom is -0.323 e. The van der Waals surface area contributed by atoms with Crippen LogP contribution in [-0.2, 0) is 4.79 Å². The van der Waals surface area contributed by atoms with Gasteiger partial charge in [0.15, 0.2) is 5.16 Å². The number of benzene rings is 1. The van der Waals surface area contributed by atoms with E-state index in [-0.39, 0.29) is 17.2 Å². The van der Waals surface area contributed by atoms with E-state index in [9.17, 15) is 9.59 Å². The van der Waals surface area contributed by atoms with Crippen molar-refractivity contribution in [1.29, 1.82) is 0 Å². The van der Waals surface area contributed by atoms with E-state index in [1.807, 2.05) is 0 Å². The van der Waals surface area contributed by atoms with Crippen LogP contribution in [0.5, 0.6) is 0 Å². The summed E-state index contributed by atoms with van der Waals surface area (Å²) in [5.74, 6) is -0.215. The summed E-state index contributed by atoms with van der Waals surface area (Å²) in [6, 6.07) is 6.34. The predicted molar refractivity (Wildman–Crippen MR) is 85.4 cm³/mol. The quantitative estimate of drug-likeness (QED) is 0.660. The molecule has 2 aromatic rings. The van der Waals surface area contributed by atoms with Gasteiger partial charge in [0.1, 0.15) is 0 Å². The number of hydrogen-bond donors (Lipinski definition) is 2. The van der Waals surface area contributed by atoms with Gasteiger partial charge in [-0.15, -0.1) is 0 Å². The van der Waals surface area contributed by atoms with Crippen molar-refractivity contribution in [2.75, 3.05) is 11.1 Å². The van der Waals surface area contributed by atoms with Crippen LogP contribution < -0.4 is 10.9 Å². The largest absolute Gasteiger partial charge is 0.323 e. The number of nitrogens with zero attached hydrogens (tertiary/aromatic N) is 1. The number of halogens is 2. The van der Waals surface area contributed by atoms with Gasteiger partial charge >= 0.3 is 0 Å². The van der Waals surface area contributed by atoms with Gasteiger partial charge in [0.25, 0.3) is 5.56 Å². The molecule has 0 aliphatic carbocycles. The first kappa shape index (κ1) is 15.9. The number of H-pyrrole nitrogens is 1. The third-order valence-corrected chi connectivity index (χ3v) is 3.92. The third-order valence-electron chi connectivity index (χ3n) is 2.42. The zero-order chi connectivity index (χ0) is 15.4. The molecule has 2 rings (SSSR count). The second-order valence-corrected chi connectivity index (χ2v) is 5.90. The van der Waals surface area contributed by atoms with Crippen LogP contribution in [0.15, 0.2) is 34.2 Å². The van der Waals surface area contributed by atoms with Crippen LogP contribution in [0.3, 0.4) is 0 Å². The van der Waals surface area contributed by atoms with Gasteiger partial charge < -0.3 is 10.3 Å². The Morgan fingerprint density at radius 3 is 2.67 bits per heavy atom. The Morgan fingerprint density at radius 2 is 2.05 bits per heavy atom. The van der Waals surface area contributed by atoms with Crippen LogP contribution in [-0.4, -0.2) is 21.6 Å². The monoisotopic (exact) mass is 343 g/mol. The van der Waals surface area contributed by atoms with Crippen molar-refractivity contribution < 1.29 is 4.79 Å². The van der Waals surface area contributed by atoms with Gasteiger partial charge in [0.05, 0.1) is 21.5 Å². The number of para-hydroxylation sites is 1. The number of aromatic nitrogens is 2. The van der Waals surface area contributed by atoms with Crippen molar-refractivity contribution in [3.8, 4) is 0 Å². The number of carbonyl (C=O) groups excluding carboxylic acids is 1. The molecule has 0 spiro atoms. The summed E-state index contributed by atoms with van der Waals surface area (Å²) in [5, 5.41) is 3.75. The number of aromatic amines is 1. The Hall–Kier alpha value is -1.50. The van der Waals surface area contributed by atoms with Gasteiger partial charge in [-0.05, 0) is 19.1 Å². The highest BCUT2D eigenvalue weighted by Gasteiger charge is 2.10. The number of rotatable bonds is 4. The molecular weight excluding hydrogens is 333 g/mol. The van der Waals surface area contributed by atoms with Gasteiger partial charge in [-0.2, -0.15) is 0 Å². The molecule has 0 fully saturated rings. The molecule has 5 nitrogen and oxygen atoms in total. The molecule has 1 amide bonds. The van der Waals surface area contributed by atoms with E-state index in [4.69, 9.17) is 23.2 Å². The summed E-state index contributed by atoms with van der Waals surface area (Å²) in [7, 11) is 0. The minimum atomic E-state index is -0.292. The first-order valence-electron chi connectivity index (χ1n) is 5.90. The lowest BCUT2D eigenvalue weighted by Crippen LogP contribution is -2.16. The molecule has 0 saturated carbocycles. The number of carbonyl (C=O) groups is 1. The molecule has 8 heteroatoms. The number of anilines is 1. The van der Waals surface area contributed by atoms with Crippen molar-refractivity contribution >= 4 is 46.6 Å². The summed E-state index contributed by atoms with van der Waals surface area (Å²) in [4.78, 5) is 29.9. The van der Waals surface area contributed by atoms with Crippen LogP contribution in [0, 0.1) is 6.92 Å². The summed E-state index contributed by atoms with van der Waals surface area (Å²) in [5.41, 5.74) is 0.715. The normalized spacial score (nSPS) is 10.4. The van der Waals surface area contributed by atoms with Crippen molar-refractivity contribution in [3.05, 3.63) is 50.4 Å². The summed E-state index contributed by atoms with van der Waals surface area (Å²) in [6.07, 6.45) is 0. The number of hydrogen-bond acceptors (Lipinski definition) is 4. The zero-order valence-corrected chi connectivity index (χ0v) is 13.3. The second-order valence-electron chi connectivity index (χ2n) is 4.13. The molecule has 1 aromatic carbocycles. The van der Waals surface area contributed by atoms with E-state index in [2.05, 4.69) is 15.3 Å². The van der Waals surface area contributed by atoms with Crippen LogP contribution in [0.25, 0.3) is 0 Å². The van der Waals surface area contributed by atoms with Crippen molar-refractivity contribution in [2.24, 2.45) is 0 Å². The molecule has 1 aromatic heterocycles. The number of thioether (sulfide) groups is 1. The Balaban J connectivity index is 2.01. The van der Waals surface area contributed by atoms with Gasteiger partial charge in [0.2, 0.25) is 5.91 Å². The van der Waals surface area contributed by atoms with Gasteiger partial charge in [-0.25, -0.2) is 4.98 Å². The van der Waals surface area contributed by atoms with Crippen molar-refractivity contribution in [1.82, 2.24) is 9.97 Å². The topological polar surface area (TPSA) is 74.8 Å². The number of amides is 1. The van der Waals surface area contributed by atoms with Crippen molar-refractivity contribution in [3.63, 3.8) is 0 Å². The Morgan fingerprint density at radius 1 is 1.38 bits per heavy atom. The molecule has 0 atom stereocenters. The van der Waals surface area contributed by atoms with E-state index in [1.54, 1.807) is 25.1 Å². The summed E-state index contributed by atoms with van der Waals surface area (Å²) >= 11 is 13.1. The van der Waals surface area contributed by atoms with E-state index in [1.165, 1.54) is 6.07 Å². The summed E-state index contributed by atoms with van der Waals surface area (Å²) < 4.78 is 0. The highest BCUT2D eigenvalue weighted by Crippen LogP contribution is 2.29. The molecule has 0 unspecified atom stereocenters. The van der Waals surface area contributed by atoms with E-state index in [0.717, 1.165) is 11.8 Å². The highest BCUT2D eigenvalue weighted by molar-refractivity contribution is 7.99. The molecule has 1 heterocycles. The number of aryl methyl sites for hydroxylation is 1. The maximum absolute atomic E-state index is 11.9. The summed E-state index contributed by atoms with van der Waals surface area (Å²) in [6.45, 7) is 1.71. The molecular formula is C13H11Cl2N3O2S. The molecule has 0 bridgehead atoms. The fourth-order valence-corrected chi connectivity index (χ4v) is 2.76. The van der Waals surface area contributed by atoms with Gasteiger partial charge in [-0.1, -0.05) is 41.0 Å². The maximum atomic E-state index is 11.9. The molecule has 0 radical (unpaired) electrons. The first-order valence-corrected chi connectivity index (χ1v) is 7.64. The van der Waals surface area contributed by atoms with E-state index in [0.29, 0.717) is 26.6 Å². The Labute approximate surface area is 135 Å². The standard InChI is InChI=1S/C13H11Cl2N3O2S/c1-7-5-10(19)18-13(16-7)21-6-11(20)17-12-8(14)3-2-4-9(12)15/h2-5H,6H2,1H3,(H,17,20)(H,16,18,19). The van der Waals surface area contributed by atoms with Crippen LogP contribution in [0.2, 0.25) is 10.0 Å². The number of nitrogens with one attached hydrogen (secondary N) is 2. The van der Waals surface area contributed by atoms with Crippen molar-refractivity contribution in [2.45, 2.75) is 12.1 Å². The average molecular weight is 344 g/mol. The van der Waals surface area contributed by atoms with Crippen LogP contribution in [0.4, 0.5) is 5.69 Å². The fraction of sp³-hybridized carbons (Fsp3) is 0.154. The molecule has 0 aliphatic rings. The molecule has 2 N–H and O–H groups in total. The van der Waals surface area contributed by atoms with Crippen LogP contribution in [0.1, 0.15) is 5.69 Å². The average Bonchev–Trinajstić information content (AvgIpc) is 2.40. The lowest BCUT2D eigenvalue weighted by Gasteiger charge is -2.08. The maximum Gasteiger partial charge on any atom is 0.251 e.